The maximum atomic E-state index is 11.9. The van der Waals surface area contributed by atoms with E-state index in [4.69, 9.17) is 9.47 Å². The van der Waals surface area contributed by atoms with Crippen LogP contribution in [-0.4, -0.2) is 40.0 Å². The van der Waals surface area contributed by atoms with Gasteiger partial charge in [0.25, 0.3) is 0 Å². The van der Waals surface area contributed by atoms with E-state index >= 15 is 0 Å². The van der Waals surface area contributed by atoms with Crippen molar-refractivity contribution in [2.45, 2.75) is 5.75 Å². The molecule has 0 aliphatic heterocycles. The largest absolute Gasteiger partial charge is 0.496 e. The standard InChI is InChI=1S/C14H17NO4S2/c1-18-7-8-21(16,17)10-11-9-20-14(15-11)12-5-3-4-6-13(12)19-2/h3-6,9H,7-8,10H2,1-2H3. The topological polar surface area (TPSA) is 65.5 Å². The summed E-state index contributed by atoms with van der Waals surface area (Å²) in [5, 5.41) is 2.52. The first-order valence-electron chi connectivity index (χ1n) is 6.33. The van der Waals surface area contributed by atoms with Gasteiger partial charge in [-0.1, -0.05) is 12.1 Å². The normalized spacial score (nSPS) is 11.5. The van der Waals surface area contributed by atoms with Gasteiger partial charge in [0, 0.05) is 12.5 Å². The van der Waals surface area contributed by atoms with Crippen molar-refractivity contribution >= 4 is 21.2 Å². The van der Waals surface area contributed by atoms with Crippen LogP contribution >= 0.6 is 11.3 Å². The summed E-state index contributed by atoms with van der Waals surface area (Å²) >= 11 is 1.41. The van der Waals surface area contributed by atoms with Crippen LogP contribution in [0.1, 0.15) is 5.69 Å². The van der Waals surface area contributed by atoms with Gasteiger partial charge in [-0.15, -0.1) is 11.3 Å². The summed E-state index contributed by atoms with van der Waals surface area (Å²) in [6, 6.07) is 7.53. The Kier molecular flexibility index (Phi) is 5.33. The number of nitrogens with zero attached hydrogens (tertiary/aromatic N) is 1. The molecule has 0 spiro atoms. The highest BCUT2D eigenvalue weighted by atomic mass is 32.2. The van der Waals surface area contributed by atoms with Gasteiger partial charge in [0.1, 0.15) is 10.8 Å². The fraction of sp³-hybridized carbons (Fsp3) is 0.357. The molecule has 1 aromatic heterocycles. The van der Waals surface area contributed by atoms with E-state index in [1.165, 1.54) is 18.4 Å². The van der Waals surface area contributed by atoms with Crippen molar-refractivity contribution in [2.75, 3.05) is 26.6 Å². The third kappa shape index (κ3) is 4.26. The summed E-state index contributed by atoms with van der Waals surface area (Å²) < 4.78 is 33.9. The third-order valence-corrected chi connectivity index (χ3v) is 5.30. The Morgan fingerprint density at radius 3 is 2.71 bits per heavy atom. The fourth-order valence-electron chi connectivity index (χ4n) is 1.83. The maximum absolute atomic E-state index is 11.9. The second-order valence-electron chi connectivity index (χ2n) is 4.43. The summed E-state index contributed by atoms with van der Waals surface area (Å²) in [7, 11) is -0.109. The summed E-state index contributed by atoms with van der Waals surface area (Å²) in [5.74, 6) is 0.660. The van der Waals surface area contributed by atoms with Crippen LogP contribution < -0.4 is 4.74 Å². The lowest BCUT2D eigenvalue weighted by Gasteiger charge is -2.04. The molecule has 1 heterocycles. The predicted octanol–water partition coefficient (Wildman–Crippen LogP) is 2.38. The molecule has 0 atom stereocenters. The van der Waals surface area contributed by atoms with Gasteiger partial charge in [0.2, 0.25) is 0 Å². The van der Waals surface area contributed by atoms with E-state index in [1.54, 1.807) is 12.5 Å². The van der Waals surface area contributed by atoms with E-state index < -0.39 is 9.84 Å². The fourth-order valence-corrected chi connectivity index (χ4v) is 3.94. The molecule has 0 fully saturated rings. The summed E-state index contributed by atoms with van der Waals surface area (Å²) in [4.78, 5) is 4.40. The quantitative estimate of drug-likeness (QED) is 0.781. The molecule has 7 heteroatoms. The zero-order valence-electron chi connectivity index (χ0n) is 11.9. The van der Waals surface area contributed by atoms with Gasteiger partial charge in [0.15, 0.2) is 9.84 Å². The van der Waals surface area contributed by atoms with Crippen molar-refractivity contribution < 1.29 is 17.9 Å². The van der Waals surface area contributed by atoms with Crippen LogP contribution in [0.15, 0.2) is 29.6 Å². The molecule has 2 rings (SSSR count). The zero-order chi connectivity index (χ0) is 15.3. The first-order valence-corrected chi connectivity index (χ1v) is 9.03. The van der Waals surface area contributed by atoms with Gasteiger partial charge in [-0.25, -0.2) is 13.4 Å². The van der Waals surface area contributed by atoms with Crippen LogP contribution in [0.4, 0.5) is 0 Å². The Bertz CT molecular complexity index is 695. The van der Waals surface area contributed by atoms with Gasteiger partial charge in [0.05, 0.1) is 36.5 Å². The van der Waals surface area contributed by atoms with Crippen LogP contribution in [0.25, 0.3) is 10.6 Å². The molecule has 0 unspecified atom stereocenters. The van der Waals surface area contributed by atoms with Gasteiger partial charge in [-0.05, 0) is 12.1 Å². The number of para-hydroxylation sites is 1. The van der Waals surface area contributed by atoms with Crippen LogP contribution in [-0.2, 0) is 20.3 Å². The Labute approximate surface area is 128 Å². The summed E-state index contributed by atoms with van der Waals surface area (Å²) in [5.41, 5.74) is 1.42. The van der Waals surface area contributed by atoms with Crippen molar-refractivity contribution in [3.05, 3.63) is 35.3 Å². The van der Waals surface area contributed by atoms with Crippen molar-refractivity contribution in [1.82, 2.24) is 4.98 Å². The number of sulfone groups is 1. The van der Waals surface area contributed by atoms with E-state index in [1.807, 2.05) is 24.3 Å². The molecule has 5 nitrogen and oxygen atoms in total. The molecule has 0 aliphatic rings. The summed E-state index contributed by atoms with van der Waals surface area (Å²) in [6.07, 6.45) is 0. The minimum absolute atomic E-state index is 0.00498. The first kappa shape index (κ1) is 15.9. The second kappa shape index (κ2) is 7.02. The lowest BCUT2D eigenvalue weighted by Crippen LogP contribution is -2.13. The average Bonchev–Trinajstić information content (AvgIpc) is 2.92. The highest BCUT2D eigenvalue weighted by Gasteiger charge is 2.16. The lowest BCUT2D eigenvalue weighted by atomic mass is 10.2. The van der Waals surface area contributed by atoms with E-state index in [0.29, 0.717) is 5.69 Å². The number of benzene rings is 1. The highest BCUT2D eigenvalue weighted by Crippen LogP contribution is 2.32. The van der Waals surface area contributed by atoms with Gasteiger partial charge in [-0.3, -0.25) is 0 Å². The van der Waals surface area contributed by atoms with Gasteiger partial charge >= 0.3 is 0 Å². The number of thiazole rings is 1. The number of ether oxygens (including phenoxy) is 2. The SMILES string of the molecule is COCCS(=O)(=O)Cc1csc(-c2ccccc2OC)n1. The lowest BCUT2D eigenvalue weighted by molar-refractivity contribution is 0.217. The molecule has 0 amide bonds. The van der Waals surface area contributed by atoms with E-state index in [-0.39, 0.29) is 18.1 Å². The summed E-state index contributed by atoms with van der Waals surface area (Å²) in [6.45, 7) is 0.200. The molecule has 0 radical (unpaired) electrons. The van der Waals surface area contributed by atoms with Crippen molar-refractivity contribution in [3.63, 3.8) is 0 Å². The minimum atomic E-state index is -3.19. The minimum Gasteiger partial charge on any atom is -0.496 e. The Morgan fingerprint density at radius 2 is 2.00 bits per heavy atom. The second-order valence-corrected chi connectivity index (χ2v) is 7.47. The molecule has 0 N–H and O–H groups in total. The van der Waals surface area contributed by atoms with Crippen LogP contribution in [0.5, 0.6) is 5.75 Å². The van der Waals surface area contributed by atoms with E-state index in [9.17, 15) is 8.42 Å². The average molecular weight is 327 g/mol. The first-order chi connectivity index (χ1) is 10.1. The van der Waals surface area contributed by atoms with Crippen LogP contribution in [0.2, 0.25) is 0 Å². The van der Waals surface area contributed by atoms with Crippen molar-refractivity contribution in [2.24, 2.45) is 0 Å². The highest BCUT2D eigenvalue weighted by molar-refractivity contribution is 7.90. The maximum Gasteiger partial charge on any atom is 0.158 e. The zero-order valence-corrected chi connectivity index (χ0v) is 13.5. The van der Waals surface area contributed by atoms with Crippen molar-refractivity contribution in [3.8, 4) is 16.3 Å². The molecule has 2 aromatic rings. The third-order valence-electron chi connectivity index (χ3n) is 2.86. The smallest absolute Gasteiger partial charge is 0.158 e. The van der Waals surface area contributed by atoms with Crippen molar-refractivity contribution in [1.29, 1.82) is 0 Å². The molecule has 1 aromatic carbocycles. The van der Waals surface area contributed by atoms with Crippen LogP contribution in [0.3, 0.4) is 0 Å². The van der Waals surface area contributed by atoms with Gasteiger partial charge < -0.3 is 9.47 Å². The molecule has 21 heavy (non-hydrogen) atoms. The molecule has 0 bridgehead atoms. The molecule has 114 valence electrons. The number of aromatic nitrogens is 1. The Hall–Kier alpha value is -1.44. The number of hydrogen-bond donors (Lipinski definition) is 0. The Balaban J connectivity index is 2.19. The number of hydrogen-bond acceptors (Lipinski definition) is 6. The van der Waals surface area contributed by atoms with E-state index in [0.717, 1.165) is 16.3 Å². The number of rotatable bonds is 7. The predicted molar refractivity (Wildman–Crippen MR) is 83.5 cm³/mol. The Morgan fingerprint density at radius 1 is 1.24 bits per heavy atom. The molecular weight excluding hydrogens is 310 g/mol. The monoisotopic (exact) mass is 327 g/mol. The molecule has 0 saturated heterocycles. The number of methoxy groups -OCH3 is 2. The van der Waals surface area contributed by atoms with E-state index in [2.05, 4.69) is 4.98 Å². The van der Waals surface area contributed by atoms with Crippen LogP contribution in [0, 0.1) is 0 Å². The van der Waals surface area contributed by atoms with Gasteiger partial charge in [-0.2, -0.15) is 0 Å². The molecular formula is C14H17NO4S2. The molecule has 0 aliphatic carbocycles. The molecule has 0 saturated carbocycles.